The minimum Gasteiger partial charge on any atom is -0.452 e. The van der Waals surface area contributed by atoms with Gasteiger partial charge in [0.25, 0.3) is 5.91 Å². The van der Waals surface area contributed by atoms with Gasteiger partial charge in [-0.2, -0.15) is 0 Å². The zero-order valence-electron chi connectivity index (χ0n) is 17.1. The van der Waals surface area contributed by atoms with Gasteiger partial charge in [-0.1, -0.05) is 30.3 Å². The Balaban J connectivity index is 1.92. The van der Waals surface area contributed by atoms with E-state index in [1.807, 2.05) is 18.2 Å². The number of hydrogen-bond donors (Lipinski definition) is 3. The summed E-state index contributed by atoms with van der Waals surface area (Å²) in [6.45, 7) is 4.24. The largest absolute Gasteiger partial charge is 0.452 e. The van der Waals surface area contributed by atoms with Crippen LogP contribution in [0, 0.1) is 0 Å². The molecule has 158 valence electrons. The van der Waals surface area contributed by atoms with Gasteiger partial charge in [-0.15, -0.1) is 0 Å². The van der Waals surface area contributed by atoms with Crippen molar-refractivity contribution in [3.05, 3.63) is 60.2 Å². The van der Waals surface area contributed by atoms with Crippen molar-refractivity contribution in [2.45, 2.75) is 39.3 Å². The Bertz CT molecular complexity index is 897. The van der Waals surface area contributed by atoms with E-state index >= 15 is 0 Å². The summed E-state index contributed by atoms with van der Waals surface area (Å²) in [7, 11) is 0. The first-order valence-corrected chi connectivity index (χ1v) is 9.44. The van der Waals surface area contributed by atoms with Gasteiger partial charge < -0.3 is 20.7 Å². The van der Waals surface area contributed by atoms with Crippen LogP contribution in [0.1, 0.15) is 38.8 Å². The lowest BCUT2D eigenvalue weighted by atomic mass is 10.0. The summed E-state index contributed by atoms with van der Waals surface area (Å²) < 4.78 is 5.23. The van der Waals surface area contributed by atoms with Crippen molar-refractivity contribution in [3.8, 4) is 0 Å². The number of ether oxygens (including phenoxy) is 1. The molecule has 8 heteroatoms. The van der Waals surface area contributed by atoms with Crippen LogP contribution in [-0.2, 0) is 23.9 Å². The van der Waals surface area contributed by atoms with Crippen molar-refractivity contribution >= 4 is 35.1 Å². The van der Waals surface area contributed by atoms with E-state index in [0.717, 1.165) is 5.56 Å². The van der Waals surface area contributed by atoms with Gasteiger partial charge in [-0.25, -0.2) is 0 Å². The summed E-state index contributed by atoms with van der Waals surface area (Å²) in [6, 6.07) is 15.0. The molecule has 3 N–H and O–H groups in total. The molecule has 2 rings (SSSR count). The predicted molar refractivity (Wildman–Crippen MR) is 113 cm³/mol. The van der Waals surface area contributed by atoms with Gasteiger partial charge in [0.05, 0.1) is 12.5 Å². The SMILES string of the molecule is CC(=O)Nc1ccc(NC(=O)[C@@H](C)OC(=O)C[C@@H](NC(C)=O)c2ccccc2)cc1. The molecule has 0 radical (unpaired) electrons. The number of nitrogens with one attached hydrogen (secondary N) is 3. The summed E-state index contributed by atoms with van der Waals surface area (Å²) in [5.41, 5.74) is 1.86. The van der Waals surface area contributed by atoms with E-state index in [2.05, 4.69) is 16.0 Å². The molecule has 0 saturated carbocycles. The molecule has 0 aliphatic heterocycles. The Hall–Kier alpha value is -3.68. The van der Waals surface area contributed by atoms with Gasteiger partial charge in [0.1, 0.15) is 0 Å². The predicted octanol–water partition coefficient (Wildman–Crippen LogP) is 2.78. The average Bonchev–Trinajstić information content (AvgIpc) is 2.68. The molecule has 2 aromatic rings. The molecule has 8 nitrogen and oxygen atoms in total. The molecule has 0 unspecified atom stereocenters. The molecular weight excluding hydrogens is 386 g/mol. The number of carbonyl (C=O) groups excluding carboxylic acids is 4. The van der Waals surface area contributed by atoms with E-state index in [1.165, 1.54) is 20.8 Å². The zero-order chi connectivity index (χ0) is 22.1. The molecule has 30 heavy (non-hydrogen) atoms. The summed E-state index contributed by atoms with van der Waals surface area (Å²) in [4.78, 5) is 47.2. The zero-order valence-corrected chi connectivity index (χ0v) is 17.1. The van der Waals surface area contributed by atoms with Crippen LogP contribution in [0.2, 0.25) is 0 Å². The molecule has 0 aliphatic rings. The summed E-state index contributed by atoms with van der Waals surface area (Å²) >= 11 is 0. The van der Waals surface area contributed by atoms with Crippen molar-refractivity contribution < 1.29 is 23.9 Å². The van der Waals surface area contributed by atoms with Gasteiger partial charge in [0.15, 0.2) is 6.10 Å². The second-order valence-corrected chi connectivity index (χ2v) is 6.75. The standard InChI is InChI=1S/C22H25N3O5/c1-14(22(29)25-19-11-9-18(10-12-19)23-15(2)26)30-21(28)13-20(24-16(3)27)17-7-5-4-6-8-17/h4-12,14,20H,13H2,1-3H3,(H,23,26)(H,24,27)(H,25,29)/t14-,20-/m1/s1. The minimum atomic E-state index is -1.03. The Morgan fingerprint density at radius 1 is 0.833 bits per heavy atom. The molecule has 2 atom stereocenters. The lowest BCUT2D eigenvalue weighted by Gasteiger charge is -2.19. The molecule has 0 saturated heterocycles. The molecule has 2 aromatic carbocycles. The first-order chi connectivity index (χ1) is 14.2. The van der Waals surface area contributed by atoms with Crippen LogP contribution in [0.4, 0.5) is 11.4 Å². The highest BCUT2D eigenvalue weighted by atomic mass is 16.5. The first-order valence-electron chi connectivity index (χ1n) is 9.44. The number of hydrogen-bond acceptors (Lipinski definition) is 5. The van der Waals surface area contributed by atoms with Gasteiger partial charge >= 0.3 is 5.97 Å². The van der Waals surface area contributed by atoms with E-state index in [9.17, 15) is 19.2 Å². The van der Waals surface area contributed by atoms with E-state index in [1.54, 1.807) is 36.4 Å². The van der Waals surface area contributed by atoms with Gasteiger partial charge in [0.2, 0.25) is 11.8 Å². The fourth-order valence-corrected chi connectivity index (χ4v) is 2.73. The molecule has 0 spiro atoms. The van der Waals surface area contributed by atoms with E-state index in [0.29, 0.717) is 11.4 Å². The maximum atomic E-state index is 12.3. The van der Waals surface area contributed by atoms with E-state index in [-0.39, 0.29) is 18.2 Å². The summed E-state index contributed by atoms with van der Waals surface area (Å²) in [5.74, 6) is -1.57. The second-order valence-electron chi connectivity index (χ2n) is 6.75. The van der Waals surface area contributed by atoms with Crippen LogP contribution >= 0.6 is 0 Å². The third-order valence-electron chi connectivity index (χ3n) is 4.10. The monoisotopic (exact) mass is 411 g/mol. The van der Waals surface area contributed by atoms with Crippen LogP contribution in [0.5, 0.6) is 0 Å². The third-order valence-corrected chi connectivity index (χ3v) is 4.10. The van der Waals surface area contributed by atoms with E-state index < -0.39 is 24.0 Å². The topological polar surface area (TPSA) is 114 Å². The number of carbonyl (C=O) groups is 4. The molecule has 0 aromatic heterocycles. The molecule has 0 bridgehead atoms. The fraction of sp³-hybridized carbons (Fsp3) is 0.273. The van der Waals surface area contributed by atoms with Gasteiger partial charge in [0, 0.05) is 25.2 Å². The van der Waals surface area contributed by atoms with Gasteiger partial charge in [-0.05, 0) is 36.8 Å². The highest BCUT2D eigenvalue weighted by molar-refractivity contribution is 5.95. The number of benzene rings is 2. The van der Waals surface area contributed by atoms with E-state index in [4.69, 9.17) is 4.74 Å². The average molecular weight is 411 g/mol. The number of amides is 3. The van der Waals surface area contributed by atoms with Crippen molar-refractivity contribution in [2.75, 3.05) is 10.6 Å². The highest BCUT2D eigenvalue weighted by Gasteiger charge is 2.22. The normalized spacial score (nSPS) is 12.2. The first kappa shape index (κ1) is 22.6. The van der Waals surface area contributed by atoms with Crippen molar-refractivity contribution in [3.63, 3.8) is 0 Å². The van der Waals surface area contributed by atoms with Crippen LogP contribution in [0.15, 0.2) is 54.6 Å². The van der Waals surface area contributed by atoms with Crippen LogP contribution < -0.4 is 16.0 Å². The Labute approximate surface area is 175 Å². The molecular formula is C22H25N3O5. The van der Waals surface area contributed by atoms with Crippen LogP contribution in [0.3, 0.4) is 0 Å². The second kappa shape index (κ2) is 10.8. The number of anilines is 2. The maximum Gasteiger partial charge on any atom is 0.309 e. The Morgan fingerprint density at radius 3 is 1.93 bits per heavy atom. The number of rotatable bonds is 8. The fourth-order valence-electron chi connectivity index (χ4n) is 2.73. The Kier molecular flexibility index (Phi) is 8.10. The van der Waals surface area contributed by atoms with Gasteiger partial charge in [-0.3, -0.25) is 19.2 Å². The van der Waals surface area contributed by atoms with Crippen molar-refractivity contribution in [1.82, 2.24) is 5.32 Å². The van der Waals surface area contributed by atoms with Crippen molar-refractivity contribution in [1.29, 1.82) is 0 Å². The molecule has 0 aliphatic carbocycles. The van der Waals surface area contributed by atoms with Crippen LogP contribution in [-0.4, -0.2) is 29.8 Å². The lowest BCUT2D eigenvalue weighted by Crippen LogP contribution is -2.33. The molecule has 0 fully saturated rings. The molecule has 3 amide bonds. The quantitative estimate of drug-likeness (QED) is 0.578. The Morgan fingerprint density at radius 2 is 1.40 bits per heavy atom. The lowest BCUT2D eigenvalue weighted by molar-refractivity contribution is -0.153. The summed E-state index contributed by atoms with van der Waals surface area (Å²) in [6.07, 6.45) is -1.13. The third kappa shape index (κ3) is 7.38. The summed E-state index contributed by atoms with van der Waals surface area (Å²) in [5, 5.41) is 7.99. The maximum absolute atomic E-state index is 12.3. The van der Waals surface area contributed by atoms with Crippen LogP contribution in [0.25, 0.3) is 0 Å². The minimum absolute atomic E-state index is 0.105. The smallest absolute Gasteiger partial charge is 0.309 e. The highest BCUT2D eigenvalue weighted by Crippen LogP contribution is 2.18. The van der Waals surface area contributed by atoms with Crippen molar-refractivity contribution in [2.24, 2.45) is 0 Å². The molecule has 0 heterocycles. The number of esters is 1.